The van der Waals surface area contributed by atoms with Gasteiger partial charge in [0.15, 0.2) is 11.9 Å². The second-order valence-corrected chi connectivity index (χ2v) is 16.1. The fraction of sp³-hybridized carbons (Fsp3) is 0.587. The minimum atomic E-state index is -4.67. The number of unbranched alkanes of at least 4 members (excludes halogenated alkanes) is 5. The zero-order valence-corrected chi connectivity index (χ0v) is 36.6. The lowest BCUT2D eigenvalue weighted by Gasteiger charge is -2.28. The smallest absolute Gasteiger partial charge is 0.306 e. The number of allylic oxidation sites excluding steroid dienone is 16. The van der Waals surface area contributed by atoms with E-state index in [0.29, 0.717) is 36.7 Å². The molecule has 0 spiro atoms. The molecule has 0 N–H and O–H groups in total. The first-order valence-electron chi connectivity index (χ1n) is 20.9. The van der Waals surface area contributed by atoms with Crippen LogP contribution in [0.5, 0.6) is 0 Å². The van der Waals surface area contributed by atoms with Crippen LogP contribution in [-0.2, 0) is 37.5 Å². The third kappa shape index (κ3) is 40.6. The molecule has 0 aromatic carbocycles. The van der Waals surface area contributed by atoms with Gasteiger partial charge in [0, 0.05) is 19.3 Å². The molecule has 2 atom stereocenters. The average Bonchev–Trinajstić information content (AvgIpc) is 3.15. The maximum atomic E-state index is 12.6. The Morgan fingerprint density at radius 3 is 1.75 bits per heavy atom. The summed E-state index contributed by atoms with van der Waals surface area (Å²) in [6, 6.07) is 0. The van der Waals surface area contributed by atoms with Crippen LogP contribution in [0.4, 0.5) is 0 Å². The number of esters is 2. The molecule has 0 heterocycles. The number of likely N-dealkylation sites (N-methyl/N-ethyl adjacent to an activating group) is 1. The lowest BCUT2D eigenvalue weighted by molar-refractivity contribution is -0.870. The van der Waals surface area contributed by atoms with Crippen molar-refractivity contribution in [3.63, 3.8) is 0 Å². The number of ether oxygens (including phenoxy) is 2. The van der Waals surface area contributed by atoms with Crippen LogP contribution in [-0.4, -0.2) is 75.8 Å². The Bertz CT molecular complexity index is 1350. The number of nitrogens with zero attached hydrogens (tertiary/aromatic N) is 1. The standard InChI is InChI=1S/C46H74NO9P/c1-6-8-10-11-12-13-14-15-16-17-20-23-26-29-33-37-45(49)53-41-44(42-55-57(51,52)54-40-39-47(3,4)5)56-46(50)38-34-30-27-24-21-18-19-22-25-28-32-36-43(48)35-31-9-7-2/h8,10,12-13,15-16,18-20,23-25,27-28,32,36,44H,6-7,9,11,14,17,21-22,26,29-31,33-35,37-42H2,1-5H3/b10-8-,13-12-,16-15-,19-18-,23-20-,27-24-,28-25-,36-32+/t44-/m1/s1. The van der Waals surface area contributed by atoms with Crippen LogP contribution >= 0.6 is 7.82 Å². The summed E-state index contributed by atoms with van der Waals surface area (Å²) in [5.41, 5.74) is 0. The maximum absolute atomic E-state index is 12.6. The molecule has 0 saturated heterocycles. The first kappa shape index (κ1) is 53.6. The van der Waals surface area contributed by atoms with Gasteiger partial charge in [-0.25, -0.2) is 0 Å². The van der Waals surface area contributed by atoms with Crippen LogP contribution in [0.3, 0.4) is 0 Å². The lowest BCUT2D eigenvalue weighted by Crippen LogP contribution is -2.37. The Kier molecular flexibility index (Phi) is 34.7. The Balaban J connectivity index is 4.63. The summed E-state index contributed by atoms with van der Waals surface area (Å²) in [6.45, 7) is 3.77. The summed E-state index contributed by atoms with van der Waals surface area (Å²) in [5.74, 6) is -0.835. The zero-order chi connectivity index (χ0) is 42.3. The highest BCUT2D eigenvalue weighted by Gasteiger charge is 2.21. The molecule has 57 heavy (non-hydrogen) atoms. The number of phosphoric ester groups is 1. The lowest BCUT2D eigenvalue weighted by atomic mass is 10.1. The number of hydrogen-bond acceptors (Lipinski definition) is 9. The third-order valence-corrected chi connectivity index (χ3v) is 9.03. The van der Waals surface area contributed by atoms with Crippen molar-refractivity contribution < 1.29 is 46.8 Å². The van der Waals surface area contributed by atoms with Gasteiger partial charge in [0.2, 0.25) is 0 Å². The SMILES string of the molecule is CC/C=C\C/C=C\C/C=C\C/C=C\CCCCC(=O)OC[C@H](COP(=O)([O-])OCC[N+](C)(C)C)OC(=O)CCC/C=C\C/C=C\C/C=C\C=C\C(=O)CCCCC. The van der Waals surface area contributed by atoms with Gasteiger partial charge in [-0.15, -0.1) is 0 Å². The van der Waals surface area contributed by atoms with E-state index in [2.05, 4.69) is 62.5 Å². The number of phosphoric acid groups is 1. The molecular formula is C46H74NO9P. The number of carbonyl (C=O) groups is 3. The molecule has 0 aliphatic carbocycles. The number of quaternary nitrogens is 1. The van der Waals surface area contributed by atoms with Crippen molar-refractivity contribution >= 4 is 25.5 Å². The van der Waals surface area contributed by atoms with Gasteiger partial charge in [0.25, 0.3) is 7.82 Å². The topological polar surface area (TPSA) is 128 Å². The first-order valence-corrected chi connectivity index (χ1v) is 22.4. The summed E-state index contributed by atoms with van der Waals surface area (Å²) in [5, 5.41) is 0. The van der Waals surface area contributed by atoms with Crippen molar-refractivity contribution in [3.05, 3.63) is 97.2 Å². The predicted octanol–water partition coefficient (Wildman–Crippen LogP) is 10.3. The van der Waals surface area contributed by atoms with Crippen molar-refractivity contribution in [1.82, 2.24) is 0 Å². The average molecular weight is 816 g/mol. The fourth-order valence-electron chi connectivity index (χ4n) is 4.77. The fourth-order valence-corrected chi connectivity index (χ4v) is 5.50. The molecule has 0 aromatic heterocycles. The van der Waals surface area contributed by atoms with E-state index >= 15 is 0 Å². The van der Waals surface area contributed by atoms with E-state index in [0.717, 1.165) is 70.6 Å². The van der Waals surface area contributed by atoms with Crippen LogP contribution in [0.1, 0.15) is 123 Å². The molecule has 0 aliphatic heterocycles. The number of carbonyl (C=O) groups excluding carboxylic acids is 3. The summed E-state index contributed by atoms with van der Waals surface area (Å²) < 4.78 is 33.7. The van der Waals surface area contributed by atoms with E-state index in [-0.39, 0.29) is 31.8 Å². The van der Waals surface area contributed by atoms with Crippen molar-refractivity contribution in [1.29, 1.82) is 0 Å². The molecule has 0 fully saturated rings. The molecule has 0 bridgehead atoms. The molecule has 0 aliphatic rings. The van der Waals surface area contributed by atoms with Crippen molar-refractivity contribution in [3.8, 4) is 0 Å². The number of hydrogen-bond donors (Lipinski definition) is 0. The summed E-state index contributed by atoms with van der Waals surface area (Å²) in [4.78, 5) is 49.2. The Labute approximate surface area is 345 Å². The molecule has 11 heteroatoms. The van der Waals surface area contributed by atoms with E-state index in [4.69, 9.17) is 18.5 Å². The number of rotatable bonds is 36. The molecule has 0 aromatic rings. The van der Waals surface area contributed by atoms with Gasteiger partial charge in [-0.3, -0.25) is 18.9 Å². The van der Waals surface area contributed by atoms with Crippen LogP contribution in [0.15, 0.2) is 97.2 Å². The van der Waals surface area contributed by atoms with Gasteiger partial charge >= 0.3 is 11.9 Å². The normalized spacial score (nSPS) is 14.5. The maximum Gasteiger partial charge on any atom is 0.306 e. The highest BCUT2D eigenvalue weighted by atomic mass is 31.2. The first-order chi connectivity index (χ1) is 27.4. The molecule has 0 amide bonds. The highest BCUT2D eigenvalue weighted by Crippen LogP contribution is 2.38. The predicted molar refractivity (Wildman–Crippen MR) is 231 cm³/mol. The highest BCUT2D eigenvalue weighted by molar-refractivity contribution is 7.45. The third-order valence-electron chi connectivity index (χ3n) is 8.06. The molecule has 10 nitrogen and oxygen atoms in total. The van der Waals surface area contributed by atoms with E-state index in [1.165, 1.54) is 0 Å². The summed E-state index contributed by atoms with van der Waals surface area (Å²) in [6.07, 6.45) is 44.3. The van der Waals surface area contributed by atoms with E-state index in [1.54, 1.807) is 12.2 Å². The zero-order valence-electron chi connectivity index (χ0n) is 35.7. The molecule has 1 unspecified atom stereocenters. The minimum Gasteiger partial charge on any atom is -0.756 e. The van der Waals surface area contributed by atoms with Gasteiger partial charge in [0.1, 0.15) is 19.8 Å². The molecular weight excluding hydrogens is 741 g/mol. The second-order valence-electron chi connectivity index (χ2n) is 14.6. The van der Waals surface area contributed by atoms with Crippen molar-refractivity contribution in [2.45, 2.75) is 129 Å². The quantitative estimate of drug-likeness (QED) is 0.0115. The van der Waals surface area contributed by atoms with Gasteiger partial charge in [-0.05, 0) is 83.1 Å². The van der Waals surface area contributed by atoms with Crippen molar-refractivity contribution in [2.75, 3.05) is 47.5 Å². The monoisotopic (exact) mass is 816 g/mol. The molecule has 0 saturated carbocycles. The second kappa shape index (κ2) is 36.9. The van der Waals surface area contributed by atoms with Gasteiger partial charge < -0.3 is 27.9 Å². The molecule has 0 rings (SSSR count). The van der Waals surface area contributed by atoms with Gasteiger partial charge in [0.05, 0.1) is 27.7 Å². The Morgan fingerprint density at radius 1 is 0.614 bits per heavy atom. The van der Waals surface area contributed by atoms with Gasteiger partial charge in [-0.2, -0.15) is 0 Å². The summed E-state index contributed by atoms with van der Waals surface area (Å²) in [7, 11) is 1.05. The van der Waals surface area contributed by atoms with Crippen molar-refractivity contribution in [2.24, 2.45) is 0 Å². The molecule has 0 radical (unpaired) electrons. The largest absolute Gasteiger partial charge is 0.756 e. The Morgan fingerprint density at radius 2 is 1.16 bits per heavy atom. The summed E-state index contributed by atoms with van der Waals surface area (Å²) >= 11 is 0. The molecule has 322 valence electrons. The van der Waals surface area contributed by atoms with Crippen LogP contribution in [0, 0.1) is 0 Å². The van der Waals surface area contributed by atoms with E-state index in [1.807, 2.05) is 57.6 Å². The number of ketones is 1. The van der Waals surface area contributed by atoms with Gasteiger partial charge in [-0.1, -0.05) is 118 Å². The van der Waals surface area contributed by atoms with E-state index in [9.17, 15) is 23.8 Å². The van der Waals surface area contributed by atoms with Crippen LogP contribution in [0.2, 0.25) is 0 Å². The Hall–Kier alpha value is -3.40. The minimum absolute atomic E-state index is 0.0644. The van der Waals surface area contributed by atoms with Crippen LogP contribution in [0.25, 0.3) is 0 Å². The van der Waals surface area contributed by atoms with E-state index < -0.39 is 32.5 Å². The van der Waals surface area contributed by atoms with Crippen LogP contribution < -0.4 is 4.89 Å².